The third kappa shape index (κ3) is 1.98. The van der Waals surface area contributed by atoms with E-state index < -0.39 is 0 Å². The number of aliphatic hydroxyl groups excluding tert-OH is 1. The molecule has 0 amide bonds. The lowest BCUT2D eigenvalue weighted by Gasteiger charge is -2.11. The molecule has 2 nitrogen and oxygen atoms in total. The highest BCUT2D eigenvalue weighted by Gasteiger charge is 2.27. The fraction of sp³-hybridized carbons (Fsp3) is 0.727. The predicted octanol–water partition coefficient (Wildman–Crippen LogP) is 2.58. The van der Waals surface area contributed by atoms with Gasteiger partial charge < -0.3 is 5.11 Å². The van der Waals surface area contributed by atoms with Gasteiger partial charge in [-0.15, -0.1) is 11.3 Å². The van der Waals surface area contributed by atoms with Gasteiger partial charge in [-0.2, -0.15) is 0 Å². The molecule has 0 aromatic carbocycles. The Morgan fingerprint density at radius 1 is 1.57 bits per heavy atom. The van der Waals surface area contributed by atoms with Crippen molar-refractivity contribution < 1.29 is 5.11 Å². The van der Waals surface area contributed by atoms with Gasteiger partial charge in [-0.25, -0.2) is 4.98 Å². The van der Waals surface area contributed by atoms with Gasteiger partial charge in [0.25, 0.3) is 0 Å². The van der Waals surface area contributed by atoms with Crippen LogP contribution in [0.5, 0.6) is 0 Å². The van der Waals surface area contributed by atoms with E-state index in [-0.39, 0.29) is 6.61 Å². The van der Waals surface area contributed by atoms with E-state index in [1.807, 2.05) is 0 Å². The lowest BCUT2D eigenvalue weighted by Crippen LogP contribution is -2.02. The van der Waals surface area contributed by atoms with E-state index in [2.05, 4.69) is 17.3 Å². The van der Waals surface area contributed by atoms with Crippen molar-refractivity contribution in [1.29, 1.82) is 0 Å². The van der Waals surface area contributed by atoms with Crippen LogP contribution < -0.4 is 0 Å². The van der Waals surface area contributed by atoms with Crippen LogP contribution in [0.4, 0.5) is 0 Å². The van der Waals surface area contributed by atoms with Crippen LogP contribution in [0, 0.1) is 5.92 Å². The van der Waals surface area contributed by atoms with Gasteiger partial charge in [0.05, 0.1) is 10.7 Å². The summed E-state index contributed by atoms with van der Waals surface area (Å²) in [4.78, 5) is 4.59. The van der Waals surface area contributed by atoms with Gasteiger partial charge in [0, 0.05) is 24.3 Å². The van der Waals surface area contributed by atoms with Crippen LogP contribution in [-0.2, 0) is 6.42 Å². The second kappa shape index (κ2) is 4.41. The number of thiazole rings is 1. The van der Waals surface area contributed by atoms with Crippen molar-refractivity contribution in [2.75, 3.05) is 6.61 Å². The summed E-state index contributed by atoms with van der Waals surface area (Å²) < 4.78 is 0. The van der Waals surface area contributed by atoms with Crippen LogP contribution >= 0.6 is 11.3 Å². The third-order valence-electron chi connectivity index (χ3n) is 3.12. The first-order valence-electron chi connectivity index (χ1n) is 5.36. The average molecular weight is 211 g/mol. The molecular formula is C11H17NOS. The lowest BCUT2D eigenvalue weighted by atomic mass is 9.99. The van der Waals surface area contributed by atoms with Crippen molar-refractivity contribution in [1.82, 2.24) is 4.98 Å². The summed E-state index contributed by atoms with van der Waals surface area (Å²) in [7, 11) is 0. The van der Waals surface area contributed by atoms with Crippen molar-refractivity contribution in [2.45, 2.75) is 38.5 Å². The topological polar surface area (TPSA) is 33.1 Å². The van der Waals surface area contributed by atoms with Crippen LogP contribution in [0.3, 0.4) is 0 Å². The summed E-state index contributed by atoms with van der Waals surface area (Å²) in [6.07, 6.45) is 4.70. The second-order valence-electron chi connectivity index (χ2n) is 4.17. The van der Waals surface area contributed by atoms with E-state index in [0.29, 0.717) is 12.3 Å². The van der Waals surface area contributed by atoms with Gasteiger partial charge >= 0.3 is 0 Å². The summed E-state index contributed by atoms with van der Waals surface area (Å²) in [6.45, 7) is 2.54. The first kappa shape index (κ1) is 10.1. The average Bonchev–Trinajstić information content (AvgIpc) is 2.74. The van der Waals surface area contributed by atoms with E-state index in [1.54, 1.807) is 11.3 Å². The number of aliphatic hydroxyl groups is 1. The zero-order chi connectivity index (χ0) is 9.97. The highest BCUT2D eigenvalue weighted by atomic mass is 32.1. The Morgan fingerprint density at radius 2 is 2.43 bits per heavy atom. The Balaban J connectivity index is 2.08. The normalized spacial score (nSPS) is 27.0. The standard InChI is InChI=1S/C11H17NOS/c1-8-3-2-4-10(8)11-12-9(5-6-13)7-14-11/h7-8,10,13H,2-6H2,1H3. The van der Waals surface area contributed by atoms with Crippen LogP contribution in [0.25, 0.3) is 0 Å². The monoisotopic (exact) mass is 211 g/mol. The van der Waals surface area contributed by atoms with E-state index >= 15 is 0 Å². The van der Waals surface area contributed by atoms with Gasteiger partial charge in [-0.3, -0.25) is 0 Å². The molecule has 1 aliphatic rings. The van der Waals surface area contributed by atoms with Gasteiger partial charge in [-0.05, 0) is 12.3 Å². The molecule has 0 bridgehead atoms. The Hall–Kier alpha value is -0.410. The molecule has 0 spiro atoms. The Kier molecular flexibility index (Phi) is 3.19. The van der Waals surface area contributed by atoms with Gasteiger partial charge in [0.15, 0.2) is 0 Å². The van der Waals surface area contributed by atoms with E-state index in [1.165, 1.54) is 24.3 Å². The Labute approximate surface area is 89.0 Å². The van der Waals surface area contributed by atoms with Crippen LogP contribution in [0.2, 0.25) is 0 Å². The first-order chi connectivity index (χ1) is 6.81. The van der Waals surface area contributed by atoms with Crippen molar-refractivity contribution >= 4 is 11.3 Å². The van der Waals surface area contributed by atoms with Crippen molar-refractivity contribution in [3.05, 3.63) is 16.1 Å². The van der Waals surface area contributed by atoms with Gasteiger partial charge in [-0.1, -0.05) is 19.8 Å². The molecular weight excluding hydrogens is 194 g/mol. The number of aromatic nitrogens is 1. The quantitative estimate of drug-likeness (QED) is 0.833. The van der Waals surface area contributed by atoms with Gasteiger partial charge in [0.2, 0.25) is 0 Å². The molecule has 1 aromatic heterocycles. The largest absolute Gasteiger partial charge is 0.396 e. The maximum atomic E-state index is 8.81. The molecule has 1 aliphatic carbocycles. The summed E-state index contributed by atoms with van der Waals surface area (Å²) in [5.41, 5.74) is 1.06. The zero-order valence-corrected chi connectivity index (χ0v) is 9.39. The highest BCUT2D eigenvalue weighted by Crippen LogP contribution is 2.40. The summed E-state index contributed by atoms with van der Waals surface area (Å²) in [5.74, 6) is 1.48. The van der Waals surface area contributed by atoms with Crippen molar-refractivity contribution in [2.24, 2.45) is 5.92 Å². The maximum absolute atomic E-state index is 8.81. The van der Waals surface area contributed by atoms with Crippen molar-refractivity contribution in [3.63, 3.8) is 0 Å². The summed E-state index contributed by atoms with van der Waals surface area (Å²) in [5, 5.41) is 12.2. The molecule has 1 N–H and O–H groups in total. The molecule has 2 rings (SSSR count). The molecule has 1 aromatic rings. The molecule has 1 saturated carbocycles. The fourth-order valence-electron chi connectivity index (χ4n) is 2.23. The lowest BCUT2D eigenvalue weighted by molar-refractivity contribution is 0.298. The molecule has 2 unspecified atom stereocenters. The number of rotatable bonds is 3. The summed E-state index contributed by atoms with van der Waals surface area (Å²) in [6, 6.07) is 0. The fourth-order valence-corrected chi connectivity index (χ4v) is 3.36. The molecule has 1 heterocycles. The minimum absolute atomic E-state index is 0.212. The number of hydrogen-bond acceptors (Lipinski definition) is 3. The number of hydrogen-bond donors (Lipinski definition) is 1. The van der Waals surface area contributed by atoms with Crippen LogP contribution in [0.15, 0.2) is 5.38 Å². The molecule has 0 aliphatic heterocycles. The molecule has 0 saturated heterocycles. The van der Waals surface area contributed by atoms with E-state index in [9.17, 15) is 0 Å². The smallest absolute Gasteiger partial charge is 0.0961 e. The molecule has 1 fully saturated rings. The van der Waals surface area contributed by atoms with E-state index in [0.717, 1.165) is 11.6 Å². The maximum Gasteiger partial charge on any atom is 0.0961 e. The predicted molar refractivity (Wildman–Crippen MR) is 58.7 cm³/mol. The van der Waals surface area contributed by atoms with Crippen LogP contribution in [0.1, 0.15) is 42.8 Å². The molecule has 0 radical (unpaired) electrons. The van der Waals surface area contributed by atoms with Crippen LogP contribution in [-0.4, -0.2) is 16.7 Å². The van der Waals surface area contributed by atoms with Crippen molar-refractivity contribution in [3.8, 4) is 0 Å². The molecule has 2 atom stereocenters. The minimum Gasteiger partial charge on any atom is -0.396 e. The van der Waals surface area contributed by atoms with Gasteiger partial charge in [0.1, 0.15) is 0 Å². The Bertz CT molecular complexity index is 297. The third-order valence-corrected chi connectivity index (χ3v) is 4.14. The second-order valence-corrected chi connectivity index (χ2v) is 5.06. The first-order valence-corrected chi connectivity index (χ1v) is 6.24. The number of nitrogens with zero attached hydrogens (tertiary/aromatic N) is 1. The zero-order valence-electron chi connectivity index (χ0n) is 8.57. The highest BCUT2D eigenvalue weighted by molar-refractivity contribution is 7.09. The minimum atomic E-state index is 0.212. The summed E-state index contributed by atoms with van der Waals surface area (Å²) >= 11 is 1.77. The SMILES string of the molecule is CC1CCCC1c1nc(CCO)cs1. The molecule has 78 valence electrons. The molecule has 14 heavy (non-hydrogen) atoms. The Morgan fingerprint density at radius 3 is 3.07 bits per heavy atom. The van der Waals surface area contributed by atoms with E-state index in [4.69, 9.17) is 5.11 Å². The molecule has 3 heteroatoms.